The van der Waals surface area contributed by atoms with Crippen molar-refractivity contribution < 1.29 is 19.1 Å². The fourth-order valence-electron chi connectivity index (χ4n) is 3.15. The van der Waals surface area contributed by atoms with Gasteiger partial charge >= 0.3 is 0 Å². The topological polar surface area (TPSA) is 76.7 Å². The number of halogens is 1. The smallest absolute Gasteiger partial charge is 0.265 e. The van der Waals surface area contributed by atoms with E-state index in [-0.39, 0.29) is 11.8 Å². The monoisotopic (exact) mass is 492 g/mol. The van der Waals surface area contributed by atoms with Crippen LogP contribution in [-0.2, 0) is 6.61 Å². The third kappa shape index (κ3) is 5.95. The highest BCUT2D eigenvalue weighted by molar-refractivity contribution is 7.12. The van der Waals surface area contributed by atoms with Gasteiger partial charge in [-0.25, -0.2) is 0 Å². The van der Waals surface area contributed by atoms with Crippen molar-refractivity contribution in [3.8, 4) is 11.5 Å². The molecule has 172 valence electrons. The minimum absolute atomic E-state index is 0.197. The largest absolute Gasteiger partial charge is 0.493 e. The molecule has 1 heterocycles. The van der Waals surface area contributed by atoms with Crippen molar-refractivity contribution in [2.75, 3.05) is 17.7 Å². The molecule has 4 aromatic rings. The molecular weight excluding hydrogens is 472 g/mol. The van der Waals surface area contributed by atoms with E-state index in [0.717, 1.165) is 5.56 Å². The third-order valence-electron chi connectivity index (χ3n) is 4.86. The van der Waals surface area contributed by atoms with E-state index in [2.05, 4.69) is 10.6 Å². The van der Waals surface area contributed by atoms with Crippen LogP contribution in [0.1, 0.15) is 25.6 Å². The average molecular weight is 493 g/mol. The van der Waals surface area contributed by atoms with Gasteiger partial charge in [0.15, 0.2) is 11.5 Å². The molecule has 4 rings (SSSR count). The summed E-state index contributed by atoms with van der Waals surface area (Å²) in [7, 11) is 1.52. The van der Waals surface area contributed by atoms with Crippen LogP contribution in [0.15, 0.2) is 84.2 Å². The molecule has 0 bridgehead atoms. The van der Waals surface area contributed by atoms with Gasteiger partial charge < -0.3 is 20.1 Å². The van der Waals surface area contributed by atoms with E-state index in [4.69, 9.17) is 21.1 Å². The van der Waals surface area contributed by atoms with Crippen LogP contribution in [-0.4, -0.2) is 18.9 Å². The van der Waals surface area contributed by atoms with Gasteiger partial charge in [-0.1, -0.05) is 35.9 Å². The summed E-state index contributed by atoms with van der Waals surface area (Å²) in [4.78, 5) is 25.7. The van der Waals surface area contributed by atoms with Crippen molar-refractivity contribution in [1.29, 1.82) is 0 Å². The Kier molecular flexibility index (Phi) is 7.47. The van der Waals surface area contributed by atoms with E-state index in [1.165, 1.54) is 18.4 Å². The van der Waals surface area contributed by atoms with Gasteiger partial charge in [0.2, 0.25) is 0 Å². The molecule has 0 spiro atoms. The Morgan fingerprint density at radius 3 is 2.26 bits per heavy atom. The summed E-state index contributed by atoms with van der Waals surface area (Å²) in [6, 6.07) is 22.9. The molecule has 0 aliphatic rings. The van der Waals surface area contributed by atoms with Gasteiger partial charge in [-0.15, -0.1) is 11.3 Å². The van der Waals surface area contributed by atoms with Crippen LogP contribution in [0.5, 0.6) is 11.5 Å². The second kappa shape index (κ2) is 10.9. The number of methoxy groups -OCH3 is 1. The lowest BCUT2D eigenvalue weighted by atomic mass is 10.1. The molecule has 0 fully saturated rings. The van der Waals surface area contributed by atoms with Gasteiger partial charge in [0.1, 0.15) is 6.61 Å². The Balaban J connectivity index is 1.41. The summed E-state index contributed by atoms with van der Waals surface area (Å²) in [5.74, 6) is 0.451. The summed E-state index contributed by atoms with van der Waals surface area (Å²) < 4.78 is 11.3. The molecule has 0 unspecified atom stereocenters. The Labute approximate surface area is 206 Å². The SMILES string of the molecule is COc1cc(C(=O)Nc2cccc(NC(=O)c3cccs3)c2)ccc1OCc1ccc(Cl)cc1. The van der Waals surface area contributed by atoms with Crippen LogP contribution >= 0.6 is 22.9 Å². The van der Waals surface area contributed by atoms with Crippen molar-refractivity contribution >= 4 is 46.1 Å². The molecule has 0 atom stereocenters. The number of amides is 2. The lowest BCUT2D eigenvalue weighted by Crippen LogP contribution is -2.13. The van der Waals surface area contributed by atoms with Gasteiger partial charge in [0.25, 0.3) is 11.8 Å². The second-order valence-corrected chi connectivity index (χ2v) is 8.63. The molecule has 2 N–H and O–H groups in total. The number of hydrogen-bond acceptors (Lipinski definition) is 5. The Bertz CT molecular complexity index is 1290. The summed E-state index contributed by atoms with van der Waals surface area (Å²) in [5.41, 5.74) is 2.50. The number of hydrogen-bond donors (Lipinski definition) is 2. The maximum atomic E-state index is 12.8. The van der Waals surface area contributed by atoms with Gasteiger partial charge in [-0.05, 0) is 65.5 Å². The van der Waals surface area contributed by atoms with Crippen LogP contribution in [0, 0.1) is 0 Å². The highest BCUT2D eigenvalue weighted by Crippen LogP contribution is 2.29. The number of thiophene rings is 1. The highest BCUT2D eigenvalue weighted by atomic mass is 35.5. The van der Waals surface area contributed by atoms with Crippen molar-refractivity contribution in [1.82, 2.24) is 0 Å². The zero-order valence-corrected chi connectivity index (χ0v) is 19.8. The zero-order valence-electron chi connectivity index (χ0n) is 18.2. The maximum Gasteiger partial charge on any atom is 0.265 e. The lowest BCUT2D eigenvalue weighted by Gasteiger charge is -2.13. The Morgan fingerprint density at radius 2 is 1.59 bits per heavy atom. The number of carbonyl (C=O) groups is 2. The molecule has 8 heteroatoms. The van der Waals surface area contributed by atoms with Crippen LogP contribution in [0.4, 0.5) is 11.4 Å². The third-order valence-corrected chi connectivity index (χ3v) is 5.98. The van der Waals surface area contributed by atoms with Gasteiger partial charge in [0.05, 0.1) is 12.0 Å². The van der Waals surface area contributed by atoms with E-state index < -0.39 is 0 Å². The van der Waals surface area contributed by atoms with Gasteiger partial charge in [-0.2, -0.15) is 0 Å². The second-order valence-electron chi connectivity index (χ2n) is 7.25. The number of ether oxygens (including phenoxy) is 2. The van der Waals surface area contributed by atoms with E-state index in [1.807, 2.05) is 23.6 Å². The van der Waals surface area contributed by atoms with Crippen LogP contribution < -0.4 is 20.1 Å². The Hall–Kier alpha value is -3.81. The molecule has 0 saturated carbocycles. The summed E-state index contributed by atoms with van der Waals surface area (Å²) in [6.07, 6.45) is 0. The van der Waals surface area contributed by atoms with Crippen molar-refractivity contribution in [2.45, 2.75) is 6.61 Å². The average Bonchev–Trinajstić information content (AvgIpc) is 3.39. The first-order valence-electron chi connectivity index (χ1n) is 10.3. The van der Waals surface area contributed by atoms with Crippen LogP contribution in [0.3, 0.4) is 0 Å². The minimum atomic E-state index is -0.315. The van der Waals surface area contributed by atoms with Gasteiger partial charge in [-0.3, -0.25) is 9.59 Å². The molecule has 0 saturated heterocycles. The van der Waals surface area contributed by atoms with E-state index in [0.29, 0.717) is 44.9 Å². The number of carbonyl (C=O) groups excluding carboxylic acids is 2. The fourth-order valence-corrected chi connectivity index (χ4v) is 3.89. The summed E-state index contributed by atoms with van der Waals surface area (Å²) >= 11 is 7.28. The first-order valence-corrected chi connectivity index (χ1v) is 11.6. The summed E-state index contributed by atoms with van der Waals surface area (Å²) in [5, 5.41) is 8.17. The number of benzene rings is 3. The van der Waals surface area contributed by atoms with Crippen LogP contribution in [0.2, 0.25) is 5.02 Å². The van der Waals surface area contributed by atoms with Crippen molar-refractivity contribution in [3.63, 3.8) is 0 Å². The highest BCUT2D eigenvalue weighted by Gasteiger charge is 2.13. The van der Waals surface area contributed by atoms with Crippen molar-refractivity contribution in [2.24, 2.45) is 0 Å². The van der Waals surface area contributed by atoms with E-state index >= 15 is 0 Å². The molecule has 0 aliphatic carbocycles. The molecule has 0 radical (unpaired) electrons. The number of nitrogens with one attached hydrogen (secondary N) is 2. The normalized spacial score (nSPS) is 10.4. The first kappa shape index (κ1) is 23.4. The molecule has 3 aromatic carbocycles. The first-order chi connectivity index (χ1) is 16.5. The number of anilines is 2. The quantitative estimate of drug-likeness (QED) is 0.294. The van der Waals surface area contributed by atoms with Crippen LogP contribution in [0.25, 0.3) is 0 Å². The Morgan fingerprint density at radius 1 is 0.853 bits per heavy atom. The minimum Gasteiger partial charge on any atom is -0.493 e. The zero-order chi connectivity index (χ0) is 23.9. The molecule has 34 heavy (non-hydrogen) atoms. The number of rotatable bonds is 8. The van der Waals surface area contributed by atoms with Crippen molar-refractivity contribution in [3.05, 3.63) is 105 Å². The molecule has 2 amide bonds. The predicted octanol–water partition coefficient (Wildman–Crippen LogP) is 6.49. The van der Waals surface area contributed by atoms with Gasteiger partial charge in [0, 0.05) is 22.0 Å². The summed E-state index contributed by atoms with van der Waals surface area (Å²) in [6.45, 7) is 0.336. The fraction of sp³-hybridized carbons (Fsp3) is 0.0769. The maximum absolute atomic E-state index is 12.8. The molecule has 1 aromatic heterocycles. The van der Waals surface area contributed by atoms with E-state index in [1.54, 1.807) is 60.7 Å². The molecular formula is C26H21ClN2O4S. The molecule has 0 aliphatic heterocycles. The molecule has 6 nitrogen and oxygen atoms in total. The standard InChI is InChI=1S/C26H21ClN2O4S/c1-32-23-14-18(9-12-22(23)33-16-17-7-10-19(27)11-8-17)25(30)28-20-4-2-5-21(15-20)29-26(31)24-6-3-13-34-24/h2-15H,16H2,1H3,(H,28,30)(H,29,31). The predicted molar refractivity (Wildman–Crippen MR) is 135 cm³/mol. The van der Waals surface area contributed by atoms with E-state index in [9.17, 15) is 9.59 Å². The lowest BCUT2D eigenvalue weighted by molar-refractivity contribution is 0.102.